The minimum atomic E-state index is -0.963. The highest BCUT2D eigenvalue weighted by molar-refractivity contribution is 5.84. The first kappa shape index (κ1) is 17.6. The normalized spacial score (nSPS) is 21.6. The molecule has 0 heterocycles. The minimum absolute atomic E-state index is 0.0236. The van der Waals surface area contributed by atoms with Crippen molar-refractivity contribution >= 4 is 11.9 Å². The predicted molar refractivity (Wildman–Crippen MR) is 91.7 cm³/mol. The van der Waals surface area contributed by atoms with E-state index in [1.807, 2.05) is 0 Å². The van der Waals surface area contributed by atoms with Gasteiger partial charge in [-0.25, -0.2) is 0 Å². The molecule has 136 valence electrons. The Labute approximate surface area is 147 Å². The van der Waals surface area contributed by atoms with Gasteiger partial charge < -0.3 is 19.9 Å². The zero-order valence-electron chi connectivity index (χ0n) is 14.7. The Hall–Kier alpha value is -2.24. The van der Waals surface area contributed by atoms with Gasteiger partial charge in [-0.15, -0.1) is 0 Å². The average molecular weight is 347 g/mol. The molecule has 0 saturated heterocycles. The van der Waals surface area contributed by atoms with E-state index in [0.717, 1.165) is 19.3 Å². The highest BCUT2D eigenvalue weighted by Crippen LogP contribution is 2.62. The Morgan fingerprint density at radius 1 is 1.28 bits per heavy atom. The molecule has 1 aromatic carbocycles. The van der Waals surface area contributed by atoms with Crippen LogP contribution >= 0.6 is 0 Å². The third-order valence-corrected chi connectivity index (χ3v) is 5.62. The molecule has 6 nitrogen and oxygen atoms in total. The van der Waals surface area contributed by atoms with Gasteiger partial charge in [0.1, 0.15) is 11.5 Å². The summed E-state index contributed by atoms with van der Waals surface area (Å²) in [6.45, 7) is 0. The molecule has 1 spiro atoms. The van der Waals surface area contributed by atoms with E-state index >= 15 is 0 Å². The fourth-order valence-corrected chi connectivity index (χ4v) is 4.14. The molecular formula is C19H25NO5. The number of carboxylic acid groups (broad SMARTS) is 1. The lowest BCUT2D eigenvalue weighted by molar-refractivity contribution is -0.137. The number of methoxy groups -OCH3 is 2. The molecule has 2 unspecified atom stereocenters. The highest BCUT2D eigenvalue weighted by Gasteiger charge is 2.58. The lowest BCUT2D eigenvalue weighted by Crippen LogP contribution is -2.32. The molecule has 0 bridgehead atoms. The smallest absolute Gasteiger partial charge is 0.305 e. The van der Waals surface area contributed by atoms with Crippen LogP contribution < -0.4 is 14.8 Å². The maximum absolute atomic E-state index is 12.7. The molecule has 2 atom stereocenters. The van der Waals surface area contributed by atoms with Gasteiger partial charge in [0.2, 0.25) is 5.91 Å². The van der Waals surface area contributed by atoms with E-state index in [-0.39, 0.29) is 23.7 Å². The lowest BCUT2D eigenvalue weighted by Gasteiger charge is -2.21. The molecule has 1 amide bonds. The molecule has 2 N–H and O–H groups in total. The Balaban J connectivity index is 1.78. The summed E-state index contributed by atoms with van der Waals surface area (Å²) in [5.41, 5.74) is 0.835. The SMILES string of the molecule is COc1ccc(C(CC(=O)O)NC(=O)C2CC23CCCC3)c(OC)c1. The van der Waals surface area contributed by atoms with Crippen LogP contribution in [0.15, 0.2) is 18.2 Å². The monoisotopic (exact) mass is 347 g/mol. The first-order valence-corrected chi connectivity index (χ1v) is 8.73. The number of ether oxygens (including phenoxy) is 2. The summed E-state index contributed by atoms with van der Waals surface area (Å²) in [5, 5.41) is 12.2. The Morgan fingerprint density at radius 3 is 2.60 bits per heavy atom. The zero-order chi connectivity index (χ0) is 18.0. The van der Waals surface area contributed by atoms with E-state index in [2.05, 4.69) is 5.32 Å². The zero-order valence-corrected chi connectivity index (χ0v) is 14.7. The number of nitrogens with one attached hydrogen (secondary N) is 1. The summed E-state index contributed by atoms with van der Waals surface area (Å²) in [6.07, 6.45) is 5.34. The third-order valence-electron chi connectivity index (χ3n) is 5.62. The molecule has 1 aromatic rings. The van der Waals surface area contributed by atoms with Gasteiger partial charge in [0.25, 0.3) is 0 Å². The highest BCUT2D eigenvalue weighted by atomic mass is 16.5. The number of rotatable bonds is 7. The average Bonchev–Trinajstić information content (AvgIpc) is 3.10. The maximum Gasteiger partial charge on any atom is 0.305 e. The van der Waals surface area contributed by atoms with Crippen LogP contribution in [0.5, 0.6) is 11.5 Å². The summed E-state index contributed by atoms with van der Waals surface area (Å²) >= 11 is 0. The third kappa shape index (κ3) is 3.57. The molecule has 25 heavy (non-hydrogen) atoms. The van der Waals surface area contributed by atoms with Crippen molar-refractivity contribution in [3.8, 4) is 11.5 Å². The first-order chi connectivity index (χ1) is 12.0. The van der Waals surface area contributed by atoms with Gasteiger partial charge in [0.05, 0.1) is 26.7 Å². The number of amides is 1. The number of benzene rings is 1. The first-order valence-electron chi connectivity index (χ1n) is 8.73. The van der Waals surface area contributed by atoms with E-state index in [0.29, 0.717) is 17.1 Å². The molecule has 0 radical (unpaired) electrons. The van der Waals surface area contributed by atoms with Crippen LogP contribution in [0, 0.1) is 11.3 Å². The molecule has 2 saturated carbocycles. The van der Waals surface area contributed by atoms with Crippen LogP contribution in [0.4, 0.5) is 0 Å². The minimum Gasteiger partial charge on any atom is -0.497 e. The Bertz CT molecular complexity index is 666. The van der Waals surface area contributed by atoms with Crippen molar-refractivity contribution in [2.24, 2.45) is 11.3 Å². The molecular weight excluding hydrogens is 322 g/mol. The molecule has 3 rings (SSSR count). The van der Waals surface area contributed by atoms with Crippen molar-refractivity contribution in [2.75, 3.05) is 14.2 Å². The second-order valence-electron chi connectivity index (χ2n) is 7.09. The number of carbonyl (C=O) groups excluding carboxylic acids is 1. The van der Waals surface area contributed by atoms with Gasteiger partial charge in [0.15, 0.2) is 0 Å². The predicted octanol–water partition coefficient (Wildman–Crippen LogP) is 2.92. The van der Waals surface area contributed by atoms with Gasteiger partial charge in [-0.2, -0.15) is 0 Å². The molecule has 6 heteroatoms. The van der Waals surface area contributed by atoms with E-state index in [4.69, 9.17) is 9.47 Å². The van der Waals surface area contributed by atoms with E-state index < -0.39 is 12.0 Å². The second kappa shape index (κ2) is 6.94. The number of carboxylic acids is 1. The second-order valence-corrected chi connectivity index (χ2v) is 7.09. The van der Waals surface area contributed by atoms with Crippen molar-refractivity contribution in [1.29, 1.82) is 0 Å². The maximum atomic E-state index is 12.7. The van der Waals surface area contributed by atoms with Crippen LogP contribution in [0.3, 0.4) is 0 Å². The van der Waals surface area contributed by atoms with Crippen LogP contribution in [0.25, 0.3) is 0 Å². The van der Waals surface area contributed by atoms with Crippen molar-refractivity contribution in [2.45, 2.75) is 44.6 Å². The summed E-state index contributed by atoms with van der Waals surface area (Å²) in [4.78, 5) is 24.0. The topological polar surface area (TPSA) is 84.9 Å². The van der Waals surface area contributed by atoms with E-state index in [9.17, 15) is 14.7 Å². The lowest BCUT2D eigenvalue weighted by atomic mass is 9.99. The number of aliphatic carboxylic acids is 1. The van der Waals surface area contributed by atoms with Gasteiger partial charge in [-0.1, -0.05) is 12.8 Å². The fourth-order valence-electron chi connectivity index (χ4n) is 4.14. The molecule has 2 aliphatic rings. The largest absolute Gasteiger partial charge is 0.497 e. The van der Waals surface area contributed by atoms with Gasteiger partial charge >= 0.3 is 5.97 Å². The Morgan fingerprint density at radius 2 is 2.00 bits per heavy atom. The number of hydrogen-bond donors (Lipinski definition) is 2. The summed E-state index contributed by atoms with van der Waals surface area (Å²) < 4.78 is 10.6. The van der Waals surface area contributed by atoms with Crippen LogP contribution in [-0.2, 0) is 9.59 Å². The number of carbonyl (C=O) groups is 2. The van der Waals surface area contributed by atoms with Gasteiger partial charge in [-0.3, -0.25) is 9.59 Å². The number of hydrogen-bond acceptors (Lipinski definition) is 4. The van der Waals surface area contributed by atoms with Crippen LogP contribution in [0.2, 0.25) is 0 Å². The van der Waals surface area contributed by atoms with Crippen molar-refractivity contribution in [3.05, 3.63) is 23.8 Å². The molecule has 0 aromatic heterocycles. The summed E-state index contributed by atoms with van der Waals surface area (Å²) in [7, 11) is 3.07. The van der Waals surface area contributed by atoms with E-state index in [1.54, 1.807) is 25.3 Å². The van der Waals surface area contributed by atoms with Crippen molar-refractivity contribution in [1.82, 2.24) is 5.32 Å². The standard InChI is InChI=1S/C19H25NO5/c1-24-12-5-6-13(16(9-12)25-2)15(10-17(21)22)20-18(23)14-11-19(14)7-3-4-8-19/h5-6,9,14-15H,3-4,7-8,10-11H2,1-2H3,(H,20,23)(H,21,22). The van der Waals surface area contributed by atoms with Gasteiger partial charge in [-0.05, 0) is 36.8 Å². The summed E-state index contributed by atoms with van der Waals surface area (Å²) in [6, 6.07) is 4.58. The Kier molecular flexibility index (Phi) is 4.88. The quantitative estimate of drug-likeness (QED) is 0.792. The molecule has 2 aliphatic carbocycles. The summed E-state index contributed by atoms with van der Waals surface area (Å²) in [5.74, 6) is 0.154. The van der Waals surface area contributed by atoms with Crippen LogP contribution in [-0.4, -0.2) is 31.2 Å². The molecule has 0 aliphatic heterocycles. The van der Waals surface area contributed by atoms with Crippen molar-refractivity contribution < 1.29 is 24.2 Å². The fraction of sp³-hybridized carbons (Fsp3) is 0.579. The van der Waals surface area contributed by atoms with Crippen molar-refractivity contribution in [3.63, 3.8) is 0 Å². The van der Waals surface area contributed by atoms with Crippen LogP contribution in [0.1, 0.15) is 50.1 Å². The van der Waals surface area contributed by atoms with Gasteiger partial charge in [0, 0.05) is 17.5 Å². The van der Waals surface area contributed by atoms with E-state index in [1.165, 1.54) is 20.0 Å². The molecule has 2 fully saturated rings.